The maximum Gasteiger partial charge on any atom is 0.169 e. The highest BCUT2D eigenvalue weighted by molar-refractivity contribution is 8.00. The number of carbonyl (C=O) groups is 1. The van der Waals surface area contributed by atoms with Gasteiger partial charge in [0.1, 0.15) is 5.75 Å². The molecule has 114 valence electrons. The van der Waals surface area contributed by atoms with Crippen LogP contribution in [0.3, 0.4) is 0 Å². The smallest absolute Gasteiger partial charge is 0.169 e. The van der Waals surface area contributed by atoms with Gasteiger partial charge in [0.25, 0.3) is 0 Å². The molecule has 0 N–H and O–H groups in total. The summed E-state index contributed by atoms with van der Waals surface area (Å²) in [5, 5.41) is 1.40. The van der Waals surface area contributed by atoms with Crippen molar-refractivity contribution in [2.24, 2.45) is 5.92 Å². The molecule has 21 heavy (non-hydrogen) atoms. The molecule has 2 aliphatic heterocycles. The molecule has 3 heteroatoms. The third kappa shape index (κ3) is 3.45. The first-order chi connectivity index (χ1) is 10.1. The van der Waals surface area contributed by atoms with Crippen molar-refractivity contribution in [1.29, 1.82) is 0 Å². The van der Waals surface area contributed by atoms with Crippen LogP contribution in [0.2, 0.25) is 0 Å². The summed E-state index contributed by atoms with van der Waals surface area (Å²) < 4.78 is 5.83. The molecule has 2 aliphatic rings. The molecule has 0 aromatic heterocycles. The zero-order valence-electron chi connectivity index (χ0n) is 12.9. The highest BCUT2D eigenvalue weighted by atomic mass is 32.2. The summed E-state index contributed by atoms with van der Waals surface area (Å²) in [6.45, 7) is 4.01. The first-order valence-electron chi connectivity index (χ1n) is 8.09. The van der Waals surface area contributed by atoms with Crippen LogP contribution in [0.15, 0.2) is 24.3 Å². The minimum Gasteiger partial charge on any atom is -0.490 e. The lowest BCUT2D eigenvalue weighted by Crippen LogP contribution is -2.33. The van der Waals surface area contributed by atoms with Gasteiger partial charge < -0.3 is 4.74 Å². The van der Waals surface area contributed by atoms with Gasteiger partial charge in [0.2, 0.25) is 0 Å². The molecule has 1 aromatic carbocycles. The first kappa shape index (κ1) is 15.0. The van der Waals surface area contributed by atoms with Crippen LogP contribution in [0.1, 0.15) is 56.3 Å². The number of hydrogen-bond donors (Lipinski definition) is 0. The lowest BCUT2D eigenvalue weighted by atomic mass is 9.84. The van der Waals surface area contributed by atoms with Crippen molar-refractivity contribution < 1.29 is 9.53 Å². The van der Waals surface area contributed by atoms with Crippen molar-refractivity contribution >= 4 is 17.5 Å². The van der Waals surface area contributed by atoms with Gasteiger partial charge in [-0.3, -0.25) is 4.79 Å². The molecule has 1 aromatic rings. The van der Waals surface area contributed by atoms with Crippen molar-refractivity contribution in [1.82, 2.24) is 0 Å². The predicted molar refractivity (Wildman–Crippen MR) is 88.3 cm³/mol. The Kier molecular flexibility index (Phi) is 4.58. The fraction of sp³-hybridized carbons (Fsp3) is 0.611. The van der Waals surface area contributed by atoms with Crippen LogP contribution in [-0.4, -0.2) is 22.4 Å². The molecule has 0 amide bonds. The van der Waals surface area contributed by atoms with E-state index >= 15 is 0 Å². The Bertz CT molecular complexity index is 500. The second-order valence-electron chi connectivity index (χ2n) is 6.51. The fourth-order valence-electron chi connectivity index (χ4n) is 3.52. The topological polar surface area (TPSA) is 26.3 Å². The summed E-state index contributed by atoms with van der Waals surface area (Å²) in [4.78, 5) is 12.9. The van der Waals surface area contributed by atoms with Crippen LogP contribution in [0, 0.1) is 5.92 Å². The number of hydrogen-bond acceptors (Lipinski definition) is 3. The van der Waals surface area contributed by atoms with E-state index < -0.39 is 0 Å². The molecule has 2 fully saturated rings. The van der Waals surface area contributed by atoms with Gasteiger partial charge in [0, 0.05) is 16.4 Å². The van der Waals surface area contributed by atoms with Crippen molar-refractivity contribution in [3.8, 4) is 5.75 Å². The van der Waals surface area contributed by atoms with E-state index in [4.69, 9.17) is 4.74 Å². The van der Waals surface area contributed by atoms with E-state index in [1.807, 2.05) is 38.1 Å². The van der Waals surface area contributed by atoms with Gasteiger partial charge >= 0.3 is 0 Å². The summed E-state index contributed by atoms with van der Waals surface area (Å²) in [5.41, 5.74) is 0.779. The lowest BCUT2D eigenvalue weighted by Gasteiger charge is -2.38. The van der Waals surface area contributed by atoms with E-state index in [1.54, 1.807) is 0 Å². The average Bonchev–Trinajstić information content (AvgIpc) is 2.46. The van der Waals surface area contributed by atoms with Crippen LogP contribution in [0.4, 0.5) is 0 Å². The number of thioether (sulfide) groups is 1. The Morgan fingerprint density at radius 3 is 2.52 bits per heavy atom. The number of Topliss-reactive ketones (excluding diaryl/α,β-unsaturated/α-hetero) is 1. The average molecular weight is 304 g/mol. The third-order valence-corrected chi connectivity index (χ3v) is 6.04. The lowest BCUT2D eigenvalue weighted by molar-refractivity contribution is 0.0890. The maximum atomic E-state index is 12.9. The largest absolute Gasteiger partial charge is 0.490 e. The number of fused-ring (bicyclic) bond motifs is 2. The quantitative estimate of drug-likeness (QED) is 0.753. The molecule has 3 rings (SSSR count). The highest BCUT2D eigenvalue weighted by Gasteiger charge is 2.36. The minimum absolute atomic E-state index is 0.0974. The third-order valence-electron chi connectivity index (χ3n) is 4.42. The van der Waals surface area contributed by atoms with Crippen LogP contribution < -0.4 is 4.74 Å². The standard InChI is InChI=1S/C18H24O2S/c1-12(2)20-17-9-4-3-8-16(17)18(19)13-10-14-6-5-7-15(11-13)21-14/h3-4,8-9,12-15H,5-7,10-11H2,1-2H3. The monoisotopic (exact) mass is 304 g/mol. The van der Waals surface area contributed by atoms with Gasteiger partial charge in [-0.25, -0.2) is 0 Å². The van der Waals surface area contributed by atoms with Crippen LogP contribution in [0.5, 0.6) is 5.75 Å². The highest BCUT2D eigenvalue weighted by Crippen LogP contribution is 2.45. The van der Waals surface area contributed by atoms with Crippen LogP contribution in [0.25, 0.3) is 0 Å². The molecule has 2 bridgehead atoms. The number of carbonyl (C=O) groups excluding carboxylic acids is 1. The first-order valence-corrected chi connectivity index (χ1v) is 9.03. The SMILES string of the molecule is CC(C)Oc1ccccc1C(=O)C1CC2CCCC(C1)S2. The molecule has 0 spiro atoms. The van der Waals surface area contributed by atoms with E-state index in [1.165, 1.54) is 19.3 Å². The van der Waals surface area contributed by atoms with E-state index in [9.17, 15) is 4.79 Å². The Labute approximate surface area is 131 Å². The van der Waals surface area contributed by atoms with Gasteiger partial charge in [-0.05, 0) is 51.7 Å². The zero-order chi connectivity index (χ0) is 14.8. The molecule has 2 unspecified atom stereocenters. The number of benzene rings is 1. The zero-order valence-corrected chi connectivity index (χ0v) is 13.7. The van der Waals surface area contributed by atoms with Crippen LogP contribution >= 0.6 is 11.8 Å². The normalized spacial score (nSPS) is 28.4. The molecular formula is C18H24O2S. The van der Waals surface area contributed by atoms with Crippen molar-refractivity contribution in [3.63, 3.8) is 0 Å². The molecule has 2 heterocycles. The second kappa shape index (κ2) is 6.43. The van der Waals surface area contributed by atoms with Crippen molar-refractivity contribution in [3.05, 3.63) is 29.8 Å². The van der Waals surface area contributed by atoms with E-state index in [0.29, 0.717) is 16.3 Å². The van der Waals surface area contributed by atoms with Crippen molar-refractivity contribution in [2.45, 2.75) is 62.6 Å². The molecule has 0 aliphatic carbocycles. The summed E-state index contributed by atoms with van der Waals surface area (Å²) in [6.07, 6.45) is 6.12. The molecule has 2 nitrogen and oxygen atoms in total. The van der Waals surface area contributed by atoms with Gasteiger partial charge in [-0.1, -0.05) is 18.6 Å². The number of para-hydroxylation sites is 1. The predicted octanol–water partition coefficient (Wildman–Crippen LogP) is 4.72. The molecule has 0 radical (unpaired) electrons. The minimum atomic E-state index is 0.0974. The Hall–Kier alpha value is -0.960. The van der Waals surface area contributed by atoms with E-state index in [-0.39, 0.29) is 12.0 Å². The molecule has 0 saturated carbocycles. The van der Waals surface area contributed by atoms with E-state index in [2.05, 4.69) is 11.8 Å². The molecule has 2 atom stereocenters. The molecule has 2 saturated heterocycles. The fourth-order valence-corrected chi connectivity index (χ4v) is 5.36. The van der Waals surface area contributed by atoms with Gasteiger partial charge in [-0.15, -0.1) is 0 Å². The summed E-state index contributed by atoms with van der Waals surface area (Å²) in [6, 6.07) is 7.74. The number of ketones is 1. The summed E-state index contributed by atoms with van der Waals surface area (Å²) in [7, 11) is 0. The summed E-state index contributed by atoms with van der Waals surface area (Å²) >= 11 is 2.12. The van der Waals surface area contributed by atoms with Crippen LogP contribution in [-0.2, 0) is 0 Å². The Balaban J connectivity index is 1.78. The maximum absolute atomic E-state index is 12.9. The summed E-state index contributed by atoms with van der Waals surface area (Å²) in [5.74, 6) is 1.24. The Morgan fingerprint density at radius 2 is 1.86 bits per heavy atom. The molecular weight excluding hydrogens is 280 g/mol. The Morgan fingerprint density at radius 1 is 1.19 bits per heavy atom. The number of rotatable bonds is 4. The second-order valence-corrected chi connectivity index (χ2v) is 8.11. The van der Waals surface area contributed by atoms with E-state index in [0.717, 1.165) is 24.2 Å². The van der Waals surface area contributed by atoms with Crippen molar-refractivity contribution in [2.75, 3.05) is 0 Å². The van der Waals surface area contributed by atoms with Gasteiger partial charge in [0.05, 0.1) is 11.7 Å². The number of ether oxygens (including phenoxy) is 1. The van der Waals surface area contributed by atoms with Gasteiger partial charge in [0.15, 0.2) is 5.78 Å². The van der Waals surface area contributed by atoms with Gasteiger partial charge in [-0.2, -0.15) is 11.8 Å².